The summed E-state index contributed by atoms with van der Waals surface area (Å²) < 4.78 is 15.3. The van der Waals surface area contributed by atoms with Crippen LogP contribution in [0.15, 0.2) is 42.7 Å². The summed E-state index contributed by atoms with van der Waals surface area (Å²) in [6.07, 6.45) is 3.79. The summed E-state index contributed by atoms with van der Waals surface area (Å²) in [4.78, 5) is 11.7. The lowest BCUT2D eigenvalue weighted by Crippen LogP contribution is -2.27. The first kappa shape index (κ1) is 12.6. The smallest absolute Gasteiger partial charge is 0.254 e. The van der Waals surface area contributed by atoms with E-state index in [0.29, 0.717) is 18.1 Å². The number of nitrogens with zero attached hydrogens (tertiary/aromatic N) is 1. The Labute approximate surface area is 109 Å². The summed E-state index contributed by atoms with van der Waals surface area (Å²) in [5.74, 6) is -1.03. The van der Waals surface area contributed by atoms with Gasteiger partial charge < -0.3 is 9.88 Å². The molecule has 1 aromatic carbocycles. The van der Waals surface area contributed by atoms with E-state index in [0.717, 1.165) is 0 Å². The fourth-order valence-electron chi connectivity index (χ4n) is 1.58. The van der Waals surface area contributed by atoms with Crippen molar-refractivity contribution in [3.05, 3.63) is 59.1 Å². The van der Waals surface area contributed by atoms with Crippen molar-refractivity contribution in [3.63, 3.8) is 0 Å². The third kappa shape index (κ3) is 3.11. The number of carbonyl (C=O) groups is 1. The Bertz CT molecular complexity index is 540. The number of rotatable bonds is 4. The van der Waals surface area contributed by atoms with E-state index >= 15 is 0 Å². The zero-order valence-corrected chi connectivity index (χ0v) is 10.3. The molecule has 1 aromatic heterocycles. The van der Waals surface area contributed by atoms with Gasteiger partial charge in [0, 0.05) is 30.5 Å². The first-order valence-electron chi connectivity index (χ1n) is 5.51. The summed E-state index contributed by atoms with van der Waals surface area (Å²) in [5, 5.41) is 2.99. The summed E-state index contributed by atoms with van der Waals surface area (Å²) in [6, 6.07) is 7.72. The number of aromatic nitrogens is 1. The molecule has 2 aromatic rings. The average molecular weight is 267 g/mol. The molecule has 0 atom stereocenters. The maximum absolute atomic E-state index is 13.4. The van der Waals surface area contributed by atoms with Gasteiger partial charge >= 0.3 is 0 Å². The van der Waals surface area contributed by atoms with Gasteiger partial charge in [0.1, 0.15) is 5.82 Å². The van der Waals surface area contributed by atoms with Crippen LogP contribution in [-0.2, 0) is 6.54 Å². The van der Waals surface area contributed by atoms with Crippen molar-refractivity contribution in [2.24, 2.45) is 0 Å². The highest BCUT2D eigenvalue weighted by atomic mass is 35.5. The molecule has 0 unspecified atom stereocenters. The van der Waals surface area contributed by atoms with Crippen molar-refractivity contribution in [3.8, 4) is 0 Å². The van der Waals surface area contributed by atoms with Gasteiger partial charge in [-0.2, -0.15) is 0 Å². The first-order valence-corrected chi connectivity index (χ1v) is 5.88. The molecule has 0 aliphatic rings. The Morgan fingerprint density at radius 3 is 2.78 bits per heavy atom. The number of amides is 1. The van der Waals surface area contributed by atoms with E-state index < -0.39 is 11.7 Å². The predicted octanol–water partition coefficient (Wildman–Crippen LogP) is 2.71. The topological polar surface area (TPSA) is 34.0 Å². The van der Waals surface area contributed by atoms with Crippen LogP contribution < -0.4 is 5.32 Å². The van der Waals surface area contributed by atoms with Gasteiger partial charge in [-0.05, 0) is 30.3 Å². The van der Waals surface area contributed by atoms with Crippen LogP contribution in [0.3, 0.4) is 0 Å². The van der Waals surface area contributed by atoms with Crippen LogP contribution >= 0.6 is 11.6 Å². The second-order valence-electron chi connectivity index (χ2n) is 3.80. The zero-order valence-electron chi connectivity index (χ0n) is 9.57. The van der Waals surface area contributed by atoms with Crippen molar-refractivity contribution < 1.29 is 9.18 Å². The molecule has 1 N–H and O–H groups in total. The lowest BCUT2D eigenvalue weighted by Gasteiger charge is -2.07. The van der Waals surface area contributed by atoms with Crippen LogP contribution in [0.1, 0.15) is 10.4 Å². The van der Waals surface area contributed by atoms with Gasteiger partial charge in [0.05, 0.1) is 5.56 Å². The summed E-state index contributed by atoms with van der Waals surface area (Å²) >= 11 is 5.73. The lowest BCUT2D eigenvalue weighted by molar-refractivity contribution is 0.0948. The molecule has 0 fully saturated rings. The van der Waals surface area contributed by atoms with Gasteiger partial charge in [-0.25, -0.2) is 4.39 Å². The number of carbonyl (C=O) groups excluding carboxylic acids is 1. The molecule has 1 heterocycles. The molecule has 1 amide bonds. The molecular weight excluding hydrogens is 255 g/mol. The van der Waals surface area contributed by atoms with Crippen LogP contribution in [0, 0.1) is 5.82 Å². The van der Waals surface area contributed by atoms with Crippen molar-refractivity contribution in [1.82, 2.24) is 9.88 Å². The standard InChI is InChI=1S/C13H12ClFN2O/c14-10-3-4-12(15)11(9-10)13(18)16-5-8-17-6-1-2-7-17/h1-4,6-7,9H,5,8H2,(H,16,18). The van der Waals surface area contributed by atoms with Crippen LogP contribution in [0.2, 0.25) is 5.02 Å². The lowest BCUT2D eigenvalue weighted by atomic mass is 10.2. The summed E-state index contributed by atoms with van der Waals surface area (Å²) in [6.45, 7) is 1.07. The largest absolute Gasteiger partial charge is 0.353 e. The van der Waals surface area contributed by atoms with E-state index in [9.17, 15) is 9.18 Å². The second kappa shape index (κ2) is 5.69. The molecule has 0 spiro atoms. The highest BCUT2D eigenvalue weighted by Gasteiger charge is 2.11. The third-order valence-corrected chi connectivity index (χ3v) is 2.73. The molecule has 18 heavy (non-hydrogen) atoms. The van der Waals surface area contributed by atoms with Gasteiger partial charge in [0.15, 0.2) is 0 Å². The van der Waals surface area contributed by atoms with E-state index in [4.69, 9.17) is 11.6 Å². The maximum Gasteiger partial charge on any atom is 0.254 e. The molecule has 0 radical (unpaired) electrons. The number of benzene rings is 1. The molecule has 3 nitrogen and oxygen atoms in total. The van der Waals surface area contributed by atoms with E-state index in [1.54, 1.807) is 0 Å². The minimum Gasteiger partial charge on any atom is -0.353 e. The molecular formula is C13H12ClFN2O. The molecule has 0 bridgehead atoms. The Kier molecular flexibility index (Phi) is 3.99. The van der Waals surface area contributed by atoms with Crippen LogP contribution in [0.5, 0.6) is 0 Å². The number of hydrogen-bond donors (Lipinski definition) is 1. The quantitative estimate of drug-likeness (QED) is 0.907. The Hall–Kier alpha value is -1.81. The number of halogens is 2. The van der Waals surface area contributed by atoms with Gasteiger partial charge in [0.2, 0.25) is 0 Å². The van der Waals surface area contributed by atoms with E-state index in [2.05, 4.69) is 5.32 Å². The summed E-state index contributed by atoms with van der Waals surface area (Å²) in [5.41, 5.74) is -0.0324. The van der Waals surface area contributed by atoms with Crippen molar-refractivity contribution in [1.29, 1.82) is 0 Å². The highest BCUT2D eigenvalue weighted by molar-refractivity contribution is 6.30. The van der Waals surface area contributed by atoms with Crippen molar-refractivity contribution in [2.75, 3.05) is 6.54 Å². The first-order chi connectivity index (χ1) is 8.66. The van der Waals surface area contributed by atoms with Gasteiger partial charge in [-0.15, -0.1) is 0 Å². The second-order valence-corrected chi connectivity index (χ2v) is 4.24. The maximum atomic E-state index is 13.4. The Balaban J connectivity index is 1.93. The molecule has 2 rings (SSSR count). The van der Waals surface area contributed by atoms with Crippen molar-refractivity contribution in [2.45, 2.75) is 6.54 Å². The average Bonchev–Trinajstić information content (AvgIpc) is 2.85. The molecule has 0 aliphatic carbocycles. The molecule has 0 saturated carbocycles. The molecule has 0 aliphatic heterocycles. The van der Waals surface area contributed by atoms with Gasteiger partial charge in [0.25, 0.3) is 5.91 Å². The summed E-state index contributed by atoms with van der Waals surface area (Å²) in [7, 11) is 0. The minimum atomic E-state index is -0.571. The highest BCUT2D eigenvalue weighted by Crippen LogP contribution is 2.14. The normalized spacial score (nSPS) is 10.3. The Morgan fingerprint density at radius 2 is 2.06 bits per heavy atom. The monoisotopic (exact) mass is 266 g/mol. The fourth-order valence-corrected chi connectivity index (χ4v) is 1.76. The van der Waals surface area contributed by atoms with E-state index in [1.165, 1.54) is 18.2 Å². The molecule has 94 valence electrons. The predicted molar refractivity (Wildman–Crippen MR) is 68.2 cm³/mol. The van der Waals surface area contributed by atoms with Crippen LogP contribution in [0.4, 0.5) is 4.39 Å². The molecule has 0 saturated heterocycles. The van der Waals surface area contributed by atoms with Gasteiger partial charge in [-0.3, -0.25) is 4.79 Å². The fraction of sp³-hybridized carbons (Fsp3) is 0.154. The molecule has 5 heteroatoms. The SMILES string of the molecule is O=C(NCCn1cccc1)c1cc(Cl)ccc1F. The van der Waals surface area contributed by atoms with E-state index in [1.807, 2.05) is 29.1 Å². The number of hydrogen-bond acceptors (Lipinski definition) is 1. The van der Waals surface area contributed by atoms with Crippen molar-refractivity contribution >= 4 is 17.5 Å². The third-order valence-electron chi connectivity index (χ3n) is 2.49. The minimum absolute atomic E-state index is 0.0324. The zero-order chi connectivity index (χ0) is 13.0. The van der Waals surface area contributed by atoms with Gasteiger partial charge in [-0.1, -0.05) is 11.6 Å². The van der Waals surface area contributed by atoms with E-state index in [-0.39, 0.29) is 5.56 Å². The Morgan fingerprint density at radius 1 is 1.33 bits per heavy atom. The van der Waals surface area contributed by atoms with Crippen LogP contribution in [-0.4, -0.2) is 17.0 Å². The van der Waals surface area contributed by atoms with Crippen LogP contribution in [0.25, 0.3) is 0 Å². The number of nitrogens with one attached hydrogen (secondary N) is 1.